The molecule has 0 fully saturated rings. The summed E-state index contributed by atoms with van der Waals surface area (Å²) in [6, 6.07) is 15.7. The third-order valence-corrected chi connectivity index (χ3v) is 5.15. The molecule has 3 rings (SSSR count). The number of benzene rings is 2. The molecule has 0 saturated carbocycles. The van der Waals surface area contributed by atoms with Crippen molar-refractivity contribution in [2.75, 3.05) is 0 Å². The van der Waals surface area contributed by atoms with Crippen LogP contribution in [0.2, 0.25) is 0 Å². The molecule has 0 saturated heterocycles. The van der Waals surface area contributed by atoms with Gasteiger partial charge >= 0.3 is 6.18 Å². The average Bonchev–Trinajstić information content (AvgIpc) is 2.97. The summed E-state index contributed by atoms with van der Waals surface area (Å²) in [6.45, 7) is 10.8. The lowest BCUT2D eigenvalue weighted by atomic mass is 9.73. The number of H-pyrrole nitrogens is 1. The predicted molar refractivity (Wildman–Crippen MR) is 103 cm³/mol. The summed E-state index contributed by atoms with van der Waals surface area (Å²) >= 11 is 0. The lowest BCUT2D eigenvalue weighted by Gasteiger charge is -2.38. The molecule has 1 aromatic heterocycles. The van der Waals surface area contributed by atoms with Crippen LogP contribution in [0.4, 0.5) is 18.9 Å². The molecule has 1 unspecified atom stereocenters. The highest BCUT2D eigenvalue weighted by molar-refractivity contribution is 5.94. The molecule has 0 amide bonds. The van der Waals surface area contributed by atoms with Gasteiger partial charge in [-0.25, -0.2) is 4.85 Å². The number of hydrogen-bond acceptors (Lipinski definition) is 1. The molecule has 3 nitrogen and oxygen atoms in total. The van der Waals surface area contributed by atoms with Gasteiger partial charge in [-0.3, -0.25) is 0 Å². The number of aromatic amines is 1. The summed E-state index contributed by atoms with van der Waals surface area (Å²) in [5.74, 6) is 0. The largest absolute Gasteiger partial charge is 0.417 e. The number of aromatic nitrogens is 1. The second kappa shape index (κ2) is 6.99. The van der Waals surface area contributed by atoms with Crippen LogP contribution in [0.1, 0.15) is 31.5 Å². The average molecular weight is 386 g/mol. The van der Waals surface area contributed by atoms with Crippen molar-refractivity contribution in [2.45, 2.75) is 43.9 Å². The Morgan fingerprint density at radius 1 is 1.00 bits per heavy atom. The number of rotatable bonds is 5. The van der Waals surface area contributed by atoms with Gasteiger partial charge in [-0.2, -0.15) is 13.2 Å². The maximum Gasteiger partial charge on any atom is 0.417 e. The van der Waals surface area contributed by atoms with Crippen LogP contribution in [-0.4, -0.2) is 21.9 Å². The van der Waals surface area contributed by atoms with E-state index in [2.05, 4.69) is 9.83 Å². The fourth-order valence-electron chi connectivity index (χ4n) is 3.72. The minimum Gasteiger partial charge on any atom is -0.380 e. The zero-order valence-corrected chi connectivity index (χ0v) is 15.6. The minimum atomic E-state index is -4.85. The highest BCUT2D eigenvalue weighted by Gasteiger charge is 2.56. The Morgan fingerprint density at radius 3 is 2.21 bits per heavy atom. The standard InChI is InChI=1S/C22H21F3N2O/c1-20(2,15-9-5-4-6-10-15)14-21(28,22(23,24)25)13-18-19(26-3)16-11-7-8-12-17(16)27-18/h4-12,27-28H,13-14H2,1-2H3. The van der Waals surface area contributed by atoms with Crippen molar-refractivity contribution in [3.8, 4) is 0 Å². The number of alkyl halides is 3. The van der Waals surface area contributed by atoms with Gasteiger partial charge in [0.1, 0.15) is 0 Å². The lowest BCUT2D eigenvalue weighted by Crippen LogP contribution is -2.50. The van der Waals surface area contributed by atoms with E-state index in [-0.39, 0.29) is 11.4 Å². The van der Waals surface area contributed by atoms with E-state index in [1.165, 1.54) is 0 Å². The van der Waals surface area contributed by atoms with Crippen molar-refractivity contribution in [1.82, 2.24) is 4.98 Å². The first kappa shape index (κ1) is 20.0. The van der Waals surface area contributed by atoms with Crippen molar-refractivity contribution in [3.63, 3.8) is 0 Å². The van der Waals surface area contributed by atoms with Crippen LogP contribution in [0.15, 0.2) is 54.6 Å². The third kappa shape index (κ3) is 3.63. The van der Waals surface area contributed by atoms with Crippen LogP contribution in [0.5, 0.6) is 0 Å². The van der Waals surface area contributed by atoms with E-state index in [0.717, 1.165) is 0 Å². The van der Waals surface area contributed by atoms with E-state index in [9.17, 15) is 18.3 Å². The zero-order valence-electron chi connectivity index (χ0n) is 15.6. The summed E-state index contributed by atoms with van der Waals surface area (Å²) in [4.78, 5) is 6.31. The monoisotopic (exact) mass is 386 g/mol. The number of nitrogens with one attached hydrogen (secondary N) is 1. The Hall–Kier alpha value is -2.78. The maximum absolute atomic E-state index is 14.0. The molecule has 0 aliphatic heterocycles. The molecule has 28 heavy (non-hydrogen) atoms. The van der Waals surface area contributed by atoms with E-state index < -0.39 is 30.0 Å². The molecule has 0 bridgehead atoms. The van der Waals surface area contributed by atoms with Gasteiger partial charge in [0.15, 0.2) is 5.60 Å². The van der Waals surface area contributed by atoms with Crippen LogP contribution < -0.4 is 0 Å². The number of hydrogen-bond donors (Lipinski definition) is 2. The van der Waals surface area contributed by atoms with Crippen molar-refractivity contribution in [1.29, 1.82) is 0 Å². The normalized spacial score (nSPS) is 14.6. The molecular weight excluding hydrogens is 365 g/mol. The van der Waals surface area contributed by atoms with Crippen LogP contribution in [0.25, 0.3) is 15.7 Å². The fourth-order valence-corrected chi connectivity index (χ4v) is 3.72. The fraction of sp³-hybridized carbons (Fsp3) is 0.318. The van der Waals surface area contributed by atoms with E-state index in [0.29, 0.717) is 16.5 Å². The van der Waals surface area contributed by atoms with Crippen molar-refractivity contribution in [2.24, 2.45) is 0 Å². The quantitative estimate of drug-likeness (QED) is 0.525. The van der Waals surface area contributed by atoms with Crippen molar-refractivity contribution >= 4 is 16.6 Å². The molecule has 1 heterocycles. The molecule has 0 spiro atoms. The summed E-state index contributed by atoms with van der Waals surface area (Å²) in [5.41, 5.74) is -2.40. The Kier molecular flexibility index (Phi) is 4.99. The second-order valence-electron chi connectivity index (χ2n) is 7.74. The second-order valence-corrected chi connectivity index (χ2v) is 7.74. The molecule has 146 valence electrons. The first-order valence-electron chi connectivity index (χ1n) is 8.89. The summed E-state index contributed by atoms with van der Waals surface area (Å²) in [5, 5.41) is 11.4. The van der Waals surface area contributed by atoms with Gasteiger partial charge < -0.3 is 10.1 Å². The third-order valence-electron chi connectivity index (χ3n) is 5.15. The molecule has 1 atom stereocenters. The molecule has 6 heteroatoms. The number of nitrogens with zero attached hydrogens (tertiary/aromatic N) is 1. The Bertz CT molecular complexity index is 1020. The van der Waals surface area contributed by atoms with E-state index in [1.54, 1.807) is 68.4 Å². The number of fused-ring (bicyclic) bond motifs is 1. The molecule has 3 aromatic rings. The summed E-state index contributed by atoms with van der Waals surface area (Å²) in [7, 11) is 0. The van der Waals surface area contributed by atoms with Crippen LogP contribution in [-0.2, 0) is 11.8 Å². The molecule has 0 aliphatic carbocycles. The highest BCUT2D eigenvalue weighted by Crippen LogP contribution is 2.44. The topological polar surface area (TPSA) is 40.4 Å². The first-order valence-corrected chi connectivity index (χ1v) is 8.89. The van der Waals surface area contributed by atoms with Gasteiger partial charge in [0.25, 0.3) is 0 Å². The van der Waals surface area contributed by atoms with E-state index in [1.807, 2.05) is 0 Å². The van der Waals surface area contributed by atoms with Crippen molar-refractivity contribution in [3.05, 3.63) is 77.3 Å². The number of aliphatic hydroxyl groups is 1. The zero-order chi connectivity index (χ0) is 20.6. The van der Waals surface area contributed by atoms with Gasteiger partial charge in [0, 0.05) is 23.0 Å². The van der Waals surface area contributed by atoms with Gasteiger partial charge in [-0.15, -0.1) is 0 Å². The van der Waals surface area contributed by atoms with Gasteiger partial charge in [0.05, 0.1) is 6.57 Å². The van der Waals surface area contributed by atoms with Crippen molar-refractivity contribution < 1.29 is 18.3 Å². The van der Waals surface area contributed by atoms with E-state index in [4.69, 9.17) is 6.57 Å². The first-order chi connectivity index (χ1) is 13.1. The van der Waals surface area contributed by atoms with Crippen LogP contribution in [0, 0.1) is 6.57 Å². The molecular formula is C22H21F3N2O. The molecule has 0 radical (unpaired) electrons. The smallest absolute Gasteiger partial charge is 0.380 e. The maximum atomic E-state index is 14.0. The Balaban J connectivity index is 2.03. The minimum absolute atomic E-state index is 0.0971. The Morgan fingerprint density at radius 2 is 1.61 bits per heavy atom. The summed E-state index contributed by atoms with van der Waals surface area (Å²) in [6.07, 6.45) is -6.09. The number of para-hydroxylation sites is 1. The van der Waals surface area contributed by atoms with Gasteiger partial charge in [0.2, 0.25) is 5.69 Å². The molecule has 2 N–H and O–H groups in total. The van der Waals surface area contributed by atoms with Gasteiger partial charge in [-0.05, 0) is 23.5 Å². The molecule has 2 aromatic carbocycles. The SMILES string of the molecule is [C-]#[N+]c1c(CC(O)(CC(C)(C)c2ccccc2)C(F)(F)F)[nH]c2ccccc12. The van der Waals surface area contributed by atoms with Crippen LogP contribution in [0.3, 0.4) is 0 Å². The predicted octanol–water partition coefficient (Wildman–Crippen LogP) is 5.92. The van der Waals surface area contributed by atoms with Crippen LogP contribution >= 0.6 is 0 Å². The van der Waals surface area contributed by atoms with Gasteiger partial charge in [-0.1, -0.05) is 62.4 Å². The number of halogens is 3. The molecule has 0 aliphatic rings. The lowest BCUT2D eigenvalue weighted by molar-refractivity contribution is -0.266. The highest BCUT2D eigenvalue weighted by atomic mass is 19.4. The summed E-state index contributed by atoms with van der Waals surface area (Å²) < 4.78 is 42.0. The Labute approximate surface area is 161 Å². The van der Waals surface area contributed by atoms with E-state index >= 15 is 0 Å².